The van der Waals surface area contributed by atoms with Gasteiger partial charge in [-0.15, -0.1) is 0 Å². The lowest BCUT2D eigenvalue weighted by molar-refractivity contribution is 0.102. The molecule has 0 radical (unpaired) electrons. The van der Waals surface area contributed by atoms with E-state index in [0.29, 0.717) is 11.5 Å². The molecule has 1 N–H and O–H groups in total. The lowest BCUT2D eigenvalue weighted by Gasteiger charge is -2.27. The van der Waals surface area contributed by atoms with Crippen molar-refractivity contribution in [3.63, 3.8) is 0 Å². The van der Waals surface area contributed by atoms with Crippen molar-refractivity contribution in [1.29, 1.82) is 0 Å². The first-order chi connectivity index (χ1) is 17.0. The molecule has 0 saturated carbocycles. The highest BCUT2D eigenvalue weighted by Gasteiger charge is 2.19. The van der Waals surface area contributed by atoms with E-state index in [1.165, 1.54) is 28.7 Å². The Hall–Kier alpha value is -3.69. The van der Waals surface area contributed by atoms with Gasteiger partial charge >= 0.3 is 0 Å². The summed E-state index contributed by atoms with van der Waals surface area (Å²) in [5.41, 5.74) is 8.97. The fourth-order valence-electron chi connectivity index (χ4n) is 5.08. The summed E-state index contributed by atoms with van der Waals surface area (Å²) in [5, 5.41) is 3.09. The van der Waals surface area contributed by atoms with Gasteiger partial charge in [0, 0.05) is 17.8 Å². The van der Waals surface area contributed by atoms with Crippen LogP contribution in [-0.4, -0.2) is 31.4 Å². The van der Waals surface area contributed by atoms with Gasteiger partial charge in [-0.05, 0) is 96.9 Å². The zero-order chi connectivity index (χ0) is 24.2. The number of benzene rings is 4. The maximum Gasteiger partial charge on any atom is 0.255 e. The molecule has 0 spiro atoms. The summed E-state index contributed by atoms with van der Waals surface area (Å²) in [6.07, 6.45) is 3.40. The summed E-state index contributed by atoms with van der Waals surface area (Å²) < 4.78 is 0. The number of nitrogens with zero attached hydrogens (tertiary/aromatic N) is 1. The van der Waals surface area contributed by atoms with Crippen molar-refractivity contribution in [3.8, 4) is 22.3 Å². The van der Waals surface area contributed by atoms with E-state index in [9.17, 15) is 4.79 Å². The molecule has 0 aromatic heterocycles. The molecule has 0 fully saturated rings. The van der Waals surface area contributed by atoms with Crippen LogP contribution in [-0.2, 0) is 12.8 Å². The zero-order valence-corrected chi connectivity index (χ0v) is 20.5. The number of nitrogens with one attached hydrogen (secondary N) is 1. The molecule has 0 aliphatic heterocycles. The normalized spacial score (nSPS) is 15.0. The first kappa shape index (κ1) is 23.1. The van der Waals surface area contributed by atoms with Gasteiger partial charge in [-0.2, -0.15) is 0 Å². The number of amides is 1. The highest BCUT2D eigenvalue weighted by molar-refractivity contribution is 6.04. The molecule has 1 aliphatic carbocycles. The van der Waals surface area contributed by atoms with Crippen molar-refractivity contribution in [2.45, 2.75) is 19.3 Å². The Morgan fingerprint density at radius 2 is 1.37 bits per heavy atom. The summed E-state index contributed by atoms with van der Waals surface area (Å²) in [6.45, 7) is 1.13. The molecular weight excluding hydrogens is 428 g/mol. The third-order valence-corrected chi connectivity index (χ3v) is 6.89. The lowest BCUT2D eigenvalue weighted by Crippen LogP contribution is -2.26. The second-order valence-corrected chi connectivity index (χ2v) is 9.83. The van der Waals surface area contributed by atoms with E-state index in [1.54, 1.807) is 0 Å². The van der Waals surface area contributed by atoms with Crippen molar-refractivity contribution in [2.24, 2.45) is 5.92 Å². The Morgan fingerprint density at radius 3 is 2.00 bits per heavy atom. The van der Waals surface area contributed by atoms with Crippen molar-refractivity contribution in [1.82, 2.24) is 4.90 Å². The molecule has 0 heterocycles. The van der Waals surface area contributed by atoms with Crippen molar-refractivity contribution < 1.29 is 4.79 Å². The highest BCUT2D eigenvalue weighted by atomic mass is 16.1. The monoisotopic (exact) mass is 460 g/mol. The molecule has 0 bridgehead atoms. The first-order valence-corrected chi connectivity index (χ1v) is 12.4. The van der Waals surface area contributed by atoms with Gasteiger partial charge in [0.25, 0.3) is 5.91 Å². The number of carbonyl (C=O) groups excluding carboxylic acids is 1. The molecule has 4 aromatic rings. The third-order valence-electron chi connectivity index (χ3n) is 6.89. The number of anilines is 1. The number of rotatable bonds is 6. The molecule has 176 valence electrons. The molecule has 3 heteroatoms. The molecule has 1 amide bonds. The van der Waals surface area contributed by atoms with Crippen LogP contribution in [0.1, 0.15) is 27.9 Å². The van der Waals surface area contributed by atoms with E-state index in [1.807, 2.05) is 36.4 Å². The van der Waals surface area contributed by atoms with Crippen LogP contribution >= 0.6 is 0 Å². The van der Waals surface area contributed by atoms with Crippen LogP contribution < -0.4 is 5.32 Å². The number of aryl methyl sites for hydroxylation is 1. The number of fused-ring (bicyclic) bond motifs is 1. The Morgan fingerprint density at radius 1 is 0.771 bits per heavy atom. The zero-order valence-electron chi connectivity index (χ0n) is 20.5. The standard InChI is InChI=1S/C32H32N2O/c1-34(2)22-23-8-9-30-21-31(19-18-29(30)20-23)33-32(35)28-16-14-27(15-17-28)26-12-10-25(11-13-26)24-6-4-3-5-7-24/h3-7,10-19,21,23H,8-9,20,22H2,1-2H3,(H,33,35). The van der Waals surface area contributed by atoms with Crippen molar-refractivity contribution >= 4 is 11.6 Å². The van der Waals surface area contributed by atoms with Crippen molar-refractivity contribution in [3.05, 3.63) is 114 Å². The maximum absolute atomic E-state index is 12.9. The topological polar surface area (TPSA) is 32.3 Å². The van der Waals surface area contributed by atoms with Crippen LogP contribution in [0.3, 0.4) is 0 Å². The molecule has 1 aliphatic rings. The molecule has 1 unspecified atom stereocenters. The van der Waals surface area contributed by atoms with Crippen LogP contribution in [0.2, 0.25) is 0 Å². The Labute approximate surface area is 208 Å². The van der Waals surface area contributed by atoms with Crippen LogP contribution in [0.15, 0.2) is 97.1 Å². The molecule has 0 saturated heterocycles. The fraction of sp³-hybridized carbons (Fsp3) is 0.219. The fourth-order valence-corrected chi connectivity index (χ4v) is 5.08. The SMILES string of the molecule is CN(C)CC1CCc2cc(NC(=O)c3ccc(-c4ccc(-c5ccccc5)cc4)cc3)ccc2C1. The quantitative estimate of drug-likeness (QED) is 0.338. The smallest absolute Gasteiger partial charge is 0.255 e. The highest BCUT2D eigenvalue weighted by Crippen LogP contribution is 2.29. The van der Waals surface area contributed by atoms with Gasteiger partial charge < -0.3 is 10.2 Å². The van der Waals surface area contributed by atoms with Gasteiger partial charge in [0.1, 0.15) is 0 Å². The number of hydrogen-bond acceptors (Lipinski definition) is 2. The van der Waals surface area contributed by atoms with Gasteiger partial charge in [0.15, 0.2) is 0 Å². The summed E-state index contributed by atoms with van der Waals surface area (Å²) in [5.74, 6) is 0.642. The molecule has 35 heavy (non-hydrogen) atoms. The van der Waals surface area contributed by atoms with Gasteiger partial charge in [-0.3, -0.25) is 4.79 Å². The maximum atomic E-state index is 12.9. The Bertz CT molecular complexity index is 1290. The number of hydrogen-bond donors (Lipinski definition) is 1. The second-order valence-electron chi connectivity index (χ2n) is 9.83. The van der Waals surface area contributed by atoms with E-state index in [0.717, 1.165) is 36.2 Å². The van der Waals surface area contributed by atoms with E-state index in [2.05, 4.69) is 85.0 Å². The third kappa shape index (κ3) is 5.52. The van der Waals surface area contributed by atoms with Gasteiger partial charge in [-0.1, -0.05) is 72.8 Å². The van der Waals surface area contributed by atoms with Crippen LogP contribution in [0.4, 0.5) is 5.69 Å². The van der Waals surface area contributed by atoms with Crippen LogP contribution in [0, 0.1) is 5.92 Å². The summed E-state index contributed by atoms with van der Waals surface area (Å²) >= 11 is 0. The largest absolute Gasteiger partial charge is 0.322 e. The Balaban J connectivity index is 1.23. The molecule has 1 atom stereocenters. The van der Waals surface area contributed by atoms with Gasteiger partial charge in [0.2, 0.25) is 0 Å². The molecular formula is C32H32N2O. The van der Waals surface area contributed by atoms with Gasteiger partial charge in [-0.25, -0.2) is 0 Å². The summed E-state index contributed by atoms with van der Waals surface area (Å²) in [6, 6.07) is 33.2. The van der Waals surface area contributed by atoms with E-state index >= 15 is 0 Å². The average Bonchev–Trinajstić information content (AvgIpc) is 2.89. The second kappa shape index (κ2) is 10.3. The van der Waals surface area contributed by atoms with Crippen LogP contribution in [0.5, 0.6) is 0 Å². The lowest BCUT2D eigenvalue weighted by atomic mass is 9.83. The molecule has 5 rings (SSSR count). The van der Waals surface area contributed by atoms with Crippen LogP contribution in [0.25, 0.3) is 22.3 Å². The first-order valence-electron chi connectivity index (χ1n) is 12.4. The molecule has 4 aromatic carbocycles. The molecule has 3 nitrogen and oxygen atoms in total. The summed E-state index contributed by atoms with van der Waals surface area (Å²) in [4.78, 5) is 15.2. The average molecular weight is 461 g/mol. The van der Waals surface area contributed by atoms with E-state index < -0.39 is 0 Å². The van der Waals surface area contributed by atoms with Gasteiger partial charge in [0.05, 0.1) is 0 Å². The minimum atomic E-state index is -0.0720. The minimum Gasteiger partial charge on any atom is -0.322 e. The summed E-state index contributed by atoms with van der Waals surface area (Å²) in [7, 11) is 4.28. The minimum absolute atomic E-state index is 0.0720. The van der Waals surface area contributed by atoms with E-state index in [-0.39, 0.29) is 5.91 Å². The van der Waals surface area contributed by atoms with E-state index in [4.69, 9.17) is 0 Å². The predicted molar refractivity (Wildman–Crippen MR) is 146 cm³/mol. The predicted octanol–water partition coefficient (Wildman–Crippen LogP) is 6.94. The van der Waals surface area contributed by atoms with Crippen molar-refractivity contribution in [2.75, 3.05) is 26.0 Å². The number of carbonyl (C=O) groups is 1. The Kier molecular flexibility index (Phi) is 6.78.